The first kappa shape index (κ1) is 12.2. The van der Waals surface area contributed by atoms with Gasteiger partial charge >= 0.3 is 0 Å². The van der Waals surface area contributed by atoms with Gasteiger partial charge in [0.05, 0.1) is 10.4 Å². The number of aliphatic hydroxyl groups excluding tert-OH is 1. The van der Waals surface area contributed by atoms with Crippen molar-refractivity contribution in [3.05, 3.63) is 49.6 Å². The molecular formula is C14H13BrO2S. The second-order valence-corrected chi connectivity index (χ2v) is 6.88. The Morgan fingerprint density at radius 2 is 2.22 bits per heavy atom. The van der Waals surface area contributed by atoms with E-state index in [4.69, 9.17) is 4.74 Å². The summed E-state index contributed by atoms with van der Waals surface area (Å²) < 4.78 is 6.56. The number of hydrogen-bond donors (Lipinski definition) is 1. The SMILES string of the molecule is Cc1cc(C(O)c2ccc3c(c2)CCO3)sc1Br. The average molecular weight is 325 g/mol. The Bertz CT molecular complexity index is 572. The van der Waals surface area contributed by atoms with E-state index >= 15 is 0 Å². The molecule has 0 fully saturated rings. The number of fused-ring (bicyclic) bond motifs is 1. The van der Waals surface area contributed by atoms with Crippen molar-refractivity contribution < 1.29 is 9.84 Å². The van der Waals surface area contributed by atoms with Gasteiger partial charge in [0, 0.05) is 11.3 Å². The molecule has 2 heterocycles. The van der Waals surface area contributed by atoms with Crippen LogP contribution in [-0.4, -0.2) is 11.7 Å². The van der Waals surface area contributed by atoms with Crippen LogP contribution in [-0.2, 0) is 6.42 Å². The molecular weight excluding hydrogens is 312 g/mol. The van der Waals surface area contributed by atoms with Crippen molar-refractivity contribution in [3.8, 4) is 5.75 Å². The highest BCUT2D eigenvalue weighted by Crippen LogP contribution is 2.36. The van der Waals surface area contributed by atoms with Gasteiger partial charge in [-0.05, 0) is 57.7 Å². The first-order valence-corrected chi connectivity index (χ1v) is 7.45. The largest absolute Gasteiger partial charge is 0.493 e. The van der Waals surface area contributed by atoms with Crippen LogP contribution in [0.4, 0.5) is 0 Å². The zero-order chi connectivity index (χ0) is 12.7. The molecule has 1 unspecified atom stereocenters. The van der Waals surface area contributed by atoms with Gasteiger partial charge < -0.3 is 9.84 Å². The summed E-state index contributed by atoms with van der Waals surface area (Å²) in [5.74, 6) is 0.953. The number of thiophene rings is 1. The Morgan fingerprint density at radius 1 is 1.39 bits per heavy atom. The summed E-state index contributed by atoms with van der Waals surface area (Å²) in [4.78, 5) is 0.971. The quantitative estimate of drug-likeness (QED) is 0.909. The highest BCUT2D eigenvalue weighted by Gasteiger charge is 2.18. The van der Waals surface area contributed by atoms with Crippen LogP contribution < -0.4 is 4.74 Å². The number of benzene rings is 1. The topological polar surface area (TPSA) is 29.5 Å². The number of ether oxygens (including phenoxy) is 1. The van der Waals surface area contributed by atoms with E-state index < -0.39 is 6.10 Å². The van der Waals surface area contributed by atoms with Gasteiger partial charge in [-0.2, -0.15) is 0 Å². The standard InChI is InChI=1S/C14H13BrO2S/c1-8-6-12(18-14(8)15)13(16)10-2-3-11-9(7-10)4-5-17-11/h2-3,6-7,13,16H,4-5H2,1H3. The van der Waals surface area contributed by atoms with Crippen molar-refractivity contribution in [1.82, 2.24) is 0 Å². The van der Waals surface area contributed by atoms with Crippen molar-refractivity contribution >= 4 is 27.3 Å². The third kappa shape index (κ3) is 2.09. The van der Waals surface area contributed by atoms with E-state index in [0.717, 1.165) is 33.0 Å². The summed E-state index contributed by atoms with van der Waals surface area (Å²) in [5.41, 5.74) is 3.30. The Kier molecular flexibility index (Phi) is 3.18. The number of hydrogen-bond acceptors (Lipinski definition) is 3. The van der Waals surface area contributed by atoms with E-state index in [1.807, 2.05) is 25.1 Å². The minimum Gasteiger partial charge on any atom is -0.493 e. The maximum absolute atomic E-state index is 10.4. The minimum atomic E-state index is -0.550. The van der Waals surface area contributed by atoms with Crippen LogP contribution in [0.2, 0.25) is 0 Å². The van der Waals surface area contributed by atoms with Gasteiger partial charge in [0.15, 0.2) is 0 Å². The zero-order valence-electron chi connectivity index (χ0n) is 9.94. The molecule has 0 amide bonds. The Balaban J connectivity index is 1.94. The van der Waals surface area contributed by atoms with Crippen LogP contribution in [0.15, 0.2) is 28.1 Å². The molecule has 3 rings (SSSR count). The summed E-state index contributed by atoms with van der Waals surface area (Å²) in [5, 5.41) is 10.4. The molecule has 18 heavy (non-hydrogen) atoms. The smallest absolute Gasteiger partial charge is 0.122 e. The third-order valence-electron chi connectivity index (χ3n) is 3.18. The summed E-state index contributed by atoms with van der Waals surface area (Å²) in [7, 11) is 0. The van der Waals surface area contributed by atoms with Gasteiger partial charge in [0.25, 0.3) is 0 Å². The maximum Gasteiger partial charge on any atom is 0.122 e. The molecule has 0 saturated heterocycles. The molecule has 4 heteroatoms. The molecule has 0 bridgehead atoms. The van der Waals surface area contributed by atoms with Crippen LogP contribution in [0.25, 0.3) is 0 Å². The molecule has 1 aromatic heterocycles. The average Bonchev–Trinajstić information content (AvgIpc) is 2.95. The van der Waals surface area contributed by atoms with E-state index in [9.17, 15) is 5.11 Å². The third-order valence-corrected chi connectivity index (χ3v) is 5.36. The van der Waals surface area contributed by atoms with Gasteiger partial charge in [-0.25, -0.2) is 0 Å². The van der Waals surface area contributed by atoms with Crippen molar-refractivity contribution in [2.75, 3.05) is 6.61 Å². The number of aliphatic hydroxyl groups is 1. The van der Waals surface area contributed by atoms with Gasteiger partial charge in [0.1, 0.15) is 11.9 Å². The van der Waals surface area contributed by atoms with E-state index in [1.165, 1.54) is 11.1 Å². The predicted octanol–water partition coefficient (Wildman–Crippen LogP) is 3.84. The van der Waals surface area contributed by atoms with Crippen molar-refractivity contribution in [3.63, 3.8) is 0 Å². The number of aryl methyl sites for hydroxylation is 1. The molecule has 2 nitrogen and oxygen atoms in total. The lowest BCUT2D eigenvalue weighted by Crippen LogP contribution is -1.97. The maximum atomic E-state index is 10.4. The Labute approximate surface area is 118 Å². The predicted molar refractivity (Wildman–Crippen MR) is 76.5 cm³/mol. The second kappa shape index (κ2) is 4.68. The number of halogens is 1. The molecule has 0 saturated carbocycles. The molecule has 2 aromatic rings. The molecule has 1 aliphatic heterocycles. The normalized spacial score (nSPS) is 15.3. The van der Waals surface area contributed by atoms with Gasteiger partial charge in [-0.1, -0.05) is 6.07 Å². The van der Waals surface area contributed by atoms with E-state index in [-0.39, 0.29) is 0 Å². The number of rotatable bonds is 2. The fraction of sp³-hybridized carbons (Fsp3) is 0.286. The van der Waals surface area contributed by atoms with Crippen molar-refractivity contribution in [1.29, 1.82) is 0 Å². The molecule has 1 aromatic carbocycles. The van der Waals surface area contributed by atoms with Crippen molar-refractivity contribution in [2.45, 2.75) is 19.4 Å². The second-order valence-electron chi connectivity index (χ2n) is 4.47. The fourth-order valence-electron chi connectivity index (χ4n) is 2.16. The van der Waals surface area contributed by atoms with Crippen LogP contribution in [0.5, 0.6) is 5.75 Å². The molecule has 1 N–H and O–H groups in total. The molecule has 1 atom stereocenters. The highest BCUT2D eigenvalue weighted by atomic mass is 79.9. The van der Waals surface area contributed by atoms with Gasteiger partial charge in [-0.3, -0.25) is 0 Å². The van der Waals surface area contributed by atoms with Gasteiger partial charge in [0.2, 0.25) is 0 Å². The first-order valence-electron chi connectivity index (χ1n) is 5.84. The van der Waals surface area contributed by atoms with Crippen LogP contribution in [0.1, 0.15) is 27.7 Å². The monoisotopic (exact) mass is 324 g/mol. The van der Waals surface area contributed by atoms with Crippen LogP contribution in [0.3, 0.4) is 0 Å². The van der Waals surface area contributed by atoms with Crippen LogP contribution >= 0.6 is 27.3 Å². The molecule has 0 aliphatic carbocycles. The Morgan fingerprint density at radius 3 is 2.94 bits per heavy atom. The fourth-order valence-corrected chi connectivity index (χ4v) is 3.74. The van der Waals surface area contributed by atoms with Crippen molar-refractivity contribution in [2.24, 2.45) is 0 Å². The highest BCUT2D eigenvalue weighted by molar-refractivity contribution is 9.11. The summed E-state index contributed by atoms with van der Waals surface area (Å²) >= 11 is 5.08. The molecule has 0 radical (unpaired) electrons. The zero-order valence-corrected chi connectivity index (χ0v) is 12.3. The molecule has 94 valence electrons. The van der Waals surface area contributed by atoms with Crippen LogP contribution in [0, 0.1) is 6.92 Å². The first-order chi connectivity index (χ1) is 8.65. The van der Waals surface area contributed by atoms with E-state index in [1.54, 1.807) is 11.3 Å². The minimum absolute atomic E-state index is 0.550. The molecule has 0 spiro atoms. The molecule has 1 aliphatic rings. The lowest BCUT2D eigenvalue weighted by Gasteiger charge is -2.10. The van der Waals surface area contributed by atoms with Gasteiger partial charge in [-0.15, -0.1) is 11.3 Å². The van der Waals surface area contributed by atoms with E-state index in [2.05, 4.69) is 22.0 Å². The summed E-state index contributed by atoms with van der Waals surface area (Å²) in [6.07, 6.45) is 0.383. The lowest BCUT2D eigenvalue weighted by atomic mass is 10.0. The lowest BCUT2D eigenvalue weighted by molar-refractivity contribution is 0.224. The van der Waals surface area contributed by atoms with E-state index in [0.29, 0.717) is 0 Å². The summed E-state index contributed by atoms with van der Waals surface area (Å²) in [6, 6.07) is 7.98. The Hall–Kier alpha value is -0.840. The summed E-state index contributed by atoms with van der Waals surface area (Å²) in [6.45, 7) is 2.78.